The van der Waals surface area contributed by atoms with Gasteiger partial charge in [-0.1, -0.05) is 6.07 Å². The zero-order valence-electron chi connectivity index (χ0n) is 10.7. The van der Waals surface area contributed by atoms with Gasteiger partial charge in [-0.15, -0.1) is 11.6 Å². The quantitative estimate of drug-likeness (QED) is 0.764. The lowest BCUT2D eigenvalue weighted by atomic mass is 10.1. The summed E-state index contributed by atoms with van der Waals surface area (Å²) in [6.07, 6.45) is 0. The Kier molecular flexibility index (Phi) is 4.30. The van der Waals surface area contributed by atoms with Crippen molar-refractivity contribution in [2.45, 2.75) is 13.8 Å². The number of hydrogen-bond donors (Lipinski definition) is 0. The van der Waals surface area contributed by atoms with Crippen LogP contribution < -0.4 is 4.90 Å². The summed E-state index contributed by atoms with van der Waals surface area (Å²) in [4.78, 5) is 4.91. The van der Waals surface area contributed by atoms with E-state index in [4.69, 9.17) is 11.6 Å². The van der Waals surface area contributed by atoms with Crippen LogP contribution in [0.25, 0.3) is 0 Å². The first-order valence-electron chi connectivity index (χ1n) is 6.30. The third-order valence-electron chi connectivity index (χ3n) is 3.34. The lowest BCUT2D eigenvalue weighted by Gasteiger charge is -2.36. The van der Waals surface area contributed by atoms with E-state index in [2.05, 4.69) is 41.8 Å². The number of halogens is 1. The van der Waals surface area contributed by atoms with E-state index in [9.17, 15) is 0 Å². The Morgan fingerprint density at radius 2 is 1.59 bits per heavy atom. The largest absolute Gasteiger partial charge is 0.369 e. The number of hydrogen-bond acceptors (Lipinski definition) is 2. The second kappa shape index (κ2) is 5.74. The molecule has 2 nitrogen and oxygen atoms in total. The SMILES string of the molecule is Cc1cc(C)cc(N2CCN(CCCl)CC2)c1. The summed E-state index contributed by atoms with van der Waals surface area (Å²) >= 11 is 5.77. The molecule has 94 valence electrons. The number of rotatable bonds is 3. The highest BCUT2D eigenvalue weighted by Crippen LogP contribution is 2.20. The predicted molar refractivity (Wildman–Crippen MR) is 75.3 cm³/mol. The molecule has 0 amide bonds. The normalized spacial score (nSPS) is 17.5. The van der Waals surface area contributed by atoms with E-state index in [0.29, 0.717) is 0 Å². The Morgan fingerprint density at radius 3 is 2.12 bits per heavy atom. The van der Waals surface area contributed by atoms with E-state index < -0.39 is 0 Å². The Labute approximate surface area is 109 Å². The average molecular weight is 253 g/mol. The molecule has 1 aromatic carbocycles. The summed E-state index contributed by atoms with van der Waals surface area (Å²) in [5.74, 6) is 0.740. The molecule has 3 heteroatoms. The number of nitrogens with zero attached hydrogens (tertiary/aromatic N) is 2. The van der Waals surface area contributed by atoms with Crippen molar-refractivity contribution >= 4 is 17.3 Å². The van der Waals surface area contributed by atoms with Crippen molar-refractivity contribution in [3.05, 3.63) is 29.3 Å². The first-order chi connectivity index (χ1) is 8.19. The Hall–Kier alpha value is -0.730. The maximum absolute atomic E-state index is 5.77. The molecular formula is C14H21ClN2. The van der Waals surface area contributed by atoms with E-state index in [-0.39, 0.29) is 0 Å². The topological polar surface area (TPSA) is 6.48 Å². The summed E-state index contributed by atoms with van der Waals surface area (Å²) in [5.41, 5.74) is 4.07. The predicted octanol–water partition coefficient (Wildman–Crippen LogP) is 2.66. The minimum atomic E-state index is 0.740. The van der Waals surface area contributed by atoms with Crippen LogP contribution in [0.1, 0.15) is 11.1 Å². The highest BCUT2D eigenvalue weighted by Gasteiger charge is 2.16. The molecule has 1 aromatic rings. The first kappa shape index (κ1) is 12.7. The minimum Gasteiger partial charge on any atom is -0.369 e. The van der Waals surface area contributed by atoms with Crippen LogP contribution in [0.4, 0.5) is 5.69 Å². The second-order valence-corrected chi connectivity index (χ2v) is 5.24. The zero-order chi connectivity index (χ0) is 12.3. The second-order valence-electron chi connectivity index (χ2n) is 4.86. The summed E-state index contributed by atoms with van der Waals surface area (Å²) in [6, 6.07) is 6.79. The molecule has 0 radical (unpaired) electrons. The summed E-state index contributed by atoms with van der Waals surface area (Å²) in [5, 5.41) is 0. The monoisotopic (exact) mass is 252 g/mol. The van der Waals surface area contributed by atoms with Gasteiger partial charge in [-0.3, -0.25) is 4.90 Å². The van der Waals surface area contributed by atoms with Crippen molar-refractivity contribution in [3.8, 4) is 0 Å². The van der Waals surface area contributed by atoms with Gasteiger partial charge in [0.1, 0.15) is 0 Å². The molecule has 1 fully saturated rings. The first-order valence-corrected chi connectivity index (χ1v) is 6.84. The number of piperazine rings is 1. The van der Waals surface area contributed by atoms with Gasteiger partial charge in [-0.25, -0.2) is 0 Å². The molecule has 0 saturated carbocycles. The van der Waals surface area contributed by atoms with Gasteiger partial charge in [-0.05, 0) is 37.1 Å². The van der Waals surface area contributed by atoms with E-state index in [1.54, 1.807) is 0 Å². The molecule has 0 aromatic heterocycles. The number of benzene rings is 1. The van der Waals surface area contributed by atoms with Crippen LogP contribution in [0.5, 0.6) is 0 Å². The summed E-state index contributed by atoms with van der Waals surface area (Å²) in [6.45, 7) is 9.82. The van der Waals surface area contributed by atoms with Crippen LogP contribution in [0.15, 0.2) is 18.2 Å². The maximum atomic E-state index is 5.77. The highest BCUT2D eigenvalue weighted by atomic mass is 35.5. The molecular weight excluding hydrogens is 232 g/mol. The summed E-state index contributed by atoms with van der Waals surface area (Å²) in [7, 11) is 0. The van der Waals surface area contributed by atoms with E-state index in [0.717, 1.165) is 38.6 Å². The smallest absolute Gasteiger partial charge is 0.0372 e. The van der Waals surface area contributed by atoms with Crippen LogP contribution in [0, 0.1) is 13.8 Å². The van der Waals surface area contributed by atoms with Crippen LogP contribution in [-0.2, 0) is 0 Å². The highest BCUT2D eigenvalue weighted by molar-refractivity contribution is 6.18. The number of alkyl halides is 1. The summed E-state index contributed by atoms with van der Waals surface area (Å²) < 4.78 is 0. The fourth-order valence-corrected chi connectivity index (χ4v) is 2.72. The molecule has 0 bridgehead atoms. The van der Waals surface area contributed by atoms with Crippen LogP contribution >= 0.6 is 11.6 Å². The standard InChI is InChI=1S/C14H21ClN2/c1-12-9-13(2)11-14(10-12)17-7-5-16(4-3-15)6-8-17/h9-11H,3-8H2,1-2H3. The van der Waals surface area contributed by atoms with Crippen molar-refractivity contribution in [3.63, 3.8) is 0 Å². The van der Waals surface area contributed by atoms with Crippen LogP contribution in [-0.4, -0.2) is 43.5 Å². The minimum absolute atomic E-state index is 0.740. The third-order valence-corrected chi connectivity index (χ3v) is 3.51. The van der Waals surface area contributed by atoms with Crippen molar-refractivity contribution in [2.75, 3.05) is 43.5 Å². The zero-order valence-corrected chi connectivity index (χ0v) is 11.5. The van der Waals surface area contributed by atoms with Crippen molar-refractivity contribution in [2.24, 2.45) is 0 Å². The van der Waals surface area contributed by atoms with Gasteiger partial charge < -0.3 is 4.90 Å². The van der Waals surface area contributed by atoms with E-state index in [1.165, 1.54) is 16.8 Å². The number of aryl methyl sites for hydroxylation is 2. The molecule has 0 unspecified atom stereocenters. The molecule has 1 aliphatic heterocycles. The van der Waals surface area contributed by atoms with Crippen molar-refractivity contribution < 1.29 is 0 Å². The van der Waals surface area contributed by atoms with Crippen LogP contribution in [0.3, 0.4) is 0 Å². The van der Waals surface area contributed by atoms with Gasteiger partial charge in [0.25, 0.3) is 0 Å². The third kappa shape index (κ3) is 3.36. The van der Waals surface area contributed by atoms with Gasteiger partial charge in [0.2, 0.25) is 0 Å². The lowest BCUT2D eigenvalue weighted by Crippen LogP contribution is -2.47. The Bertz CT molecular complexity index is 350. The number of anilines is 1. The van der Waals surface area contributed by atoms with Gasteiger partial charge in [-0.2, -0.15) is 0 Å². The lowest BCUT2D eigenvalue weighted by molar-refractivity contribution is 0.272. The molecule has 2 rings (SSSR count). The van der Waals surface area contributed by atoms with E-state index in [1.807, 2.05) is 0 Å². The molecule has 1 saturated heterocycles. The Balaban J connectivity index is 2.00. The van der Waals surface area contributed by atoms with Gasteiger partial charge in [0.15, 0.2) is 0 Å². The molecule has 17 heavy (non-hydrogen) atoms. The van der Waals surface area contributed by atoms with Crippen LogP contribution in [0.2, 0.25) is 0 Å². The fourth-order valence-electron chi connectivity index (χ4n) is 2.48. The van der Waals surface area contributed by atoms with Crippen molar-refractivity contribution in [1.29, 1.82) is 0 Å². The fraction of sp³-hybridized carbons (Fsp3) is 0.571. The average Bonchev–Trinajstić information content (AvgIpc) is 2.29. The molecule has 0 N–H and O–H groups in total. The van der Waals surface area contributed by atoms with Crippen molar-refractivity contribution in [1.82, 2.24) is 4.90 Å². The molecule has 0 atom stereocenters. The molecule has 1 aliphatic rings. The van der Waals surface area contributed by atoms with Gasteiger partial charge in [0, 0.05) is 44.3 Å². The van der Waals surface area contributed by atoms with E-state index >= 15 is 0 Å². The molecule has 0 spiro atoms. The van der Waals surface area contributed by atoms with Gasteiger partial charge in [0.05, 0.1) is 0 Å². The molecule has 1 heterocycles. The van der Waals surface area contributed by atoms with Gasteiger partial charge >= 0.3 is 0 Å². The Morgan fingerprint density at radius 1 is 1.00 bits per heavy atom. The maximum Gasteiger partial charge on any atom is 0.0372 e. The molecule has 0 aliphatic carbocycles.